The number of hydrogen-bond donors (Lipinski definition) is 1. The van der Waals surface area contributed by atoms with E-state index in [1.54, 1.807) is 7.11 Å². The van der Waals surface area contributed by atoms with Crippen LogP contribution in [0.25, 0.3) is 0 Å². The summed E-state index contributed by atoms with van der Waals surface area (Å²) in [5, 5.41) is 2.94. The molecule has 1 N–H and O–H groups in total. The molecule has 0 spiro atoms. The second-order valence-electron chi connectivity index (χ2n) is 4.85. The molecule has 2 aromatic carbocycles. The number of hydrogen-bond acceptors (Lipinski definition) is 2. The Labute approximate surface area is 119 Å². The summed E-state index contributed by atoms with van der Waals surface area (Å²) in [6.45, 7) is 4.42. The molecule has 0 aliphatic heterocycles. The van der Waals surface area contributed by atoms with Gasteiger partial charge in [0.1, 0.15) is 5.75 Å². The van der Waals surface area contributed by atoms with Crippen molar-refractivity contribution in [3.05, 3.63) is 64.7 Å². The van der Waals surface area contributed by atoms with E-state index < -0.39 is 0 Å². The fourth-order valence-electron chi connectivity index (χ4n) is 2.04. The van der Waals surface area contributed by atoms with Crippen LogP contribution in [-0.2, 0) is 6.54 Å². The van der Waals surface area contributed by atoms with Crippen LogP contribution in [-0.4, -0.2) is 13.0 Å². The summed E-state index contributed by atoms with van der Waals surface area (Å²) in [6, 6.07) is 13.6. The van der Waals surface area contributed by atoms with Gasteiger partial charge in [-0.1, -0.05) is 29.8 Å². The van der Waals surface area contributed by atoms with E-state index in [9.17, 15) is 4.79 Å². The molecule has 0 bridgehead atoms. The van der Waals surface area contributed by atoms with Crippen molar-refractivity contribution >= 4 is 5.91 Å². The van der Waals surface area contributed by atoms with Gasteiger partial charge < -0.3 is 10.1 Å². The topological polar surface area (TPSA) is 38.3 Å². The Morgan fingerprint density at radius 3 is 2.70 bits per heavy atom. The van der Waals surface area contributed by atoms with E-state index in [0.29, 0.717) is 6.54 Å². The molecular weight excluding hydrogens is 250 g/mol. The zero-order valence-electron chi connectivity index (χ0n) is 12.1. The van der Waals surface area contributed by atoms with Crippen LogP contribution in [0.3, 0.4) is 0 Å². The summed E-state index contributed by atoms with van der Waals surface area (Å²) in [5.74, 6) is 0.748. The molecule has 3 nitrogen and oxygen atoms in total. The summed E-state index contributed by atoms with van der Waals surface area (Å²) in [6.07, 6.45) is 0. The van der Waals surface area contributed by atoms with Gasteiger partial charge in [0.15, 0.2) is 0 Å². The fourth-order valence-corrected chi connectivity index (χ4v) is 2.04. The number of ether oxygens (including phenoxy) is 1. The molecule has 2 aromatic rings. The molecule has 1 amide bonds. The molecule has 0 heterocycles. The van der Waals surface area contributed by atoms with Gasteiger partial charge in [-0.15, -0.1) is 0 Å². The Balaban J connectivity index is 2.06. The van der Waals surface area contributed by atoms with E-state index in [0.717, 1.165) is 28.0 Å². The van der Waals surface area contributed by atoms with Crippen LogP contribution in [0.2, 0.25) is 0 Å². The Bertz CT molecular complexity index is 620. The van der Waals surface area contributed by atoms with Crippen molar-refractivity contribution in [2.24, 2.45) is 0 Å². The van der Waals surface area contributed by atoms with Crippen LogP contribution >= 0.6 is 0 Å². The van der Waals surface area contributed by atoms with Crippen LogP contribution in [0.15, 0.2) is 42.5 Å². The lowest BCUT2D eigenvalue weighted by Crippen LogP contribution is -2.23. The number of carbonyl (C=O) groups is 1. The number of nitrogens with one attached hydrogen (secondary N) is 1. The van der Waals surface area contributed by atoms with Crippen molar-refractivity contribution in [3.8, 4) is 5.75 Å². The van der Waals surface area contributed by atoms with Gasteiger partial charge in [0, 0.05) is 12.1 Å². The molecule has 3 heteroatoms. The maximum Gasteiger partial charge on any atom is 0.251 e. The normalized spacial score (nSPS) is 10.2. The summed E-state index contributed by atoms with van der Waals surface area (Å²) in [5.41, 5.74) is 3.82. The Hall–Kier alpha value is -2.29. The number of rotatable bonds is 4. The van der Waals surface area contributed by atoms with Gasteiger partial charge in [-0.05, 0) is 43.2 Å². The third kappa shape index (κ3) is 3.38. The molecule has 20 heavy (non-hydrogen) atoms. The van der Waals surface area contributed by atoms with Crippen LogP contribution < -0.4 is 10.1 Å². The number of benzene rings is 2. The van der Waals surface area contributed by atoms with Crippen molar-refractivity contribution in [1.82, 2.24) is 5.32 Å². The molecule has 0 saturated heterocycles. The molecule has 0 aliphatic carbocycles. The first-order valence-corrected chi connectivity index (χ1v) is 6.58. The van der Waals surface area contributed by atoms with E-state index in [1.165, 1.54) is 0 Å². The number of methoxy groups -OCH3 is 1. The van der Waals surface area contributed by atoms with Crippen LogP contribution in [0.5, 0.6) is 5.75 Å². The predicted octanol–water partition coefficient (Wildman–Crippen LogP) is 3.24. The fraction of sp³-hybridized carbons (Fsp3) is 0.235. The third-order valence-electron chi connectivity index (χ3n) is 3.22. The van der Waals surface area contributed by atoms with Gasteiger partial charge in [0.25, 0.3) is 5.91 Å². The largest absolute Gasteiger partial charge is 0.497 e. The molecular formula is C17H19NO2. The highest BCUT2D eigenvalue weighted by atomic mass is 16.5. The highest BCUT2D eigenvalue weighted by Crippen LogP contribution is 2.13. The SMILES string of the molecule is COc1cccc(CNC(=O)c2cc(C)ccc2C)c1. The first-order valence-electron chi connectivity index (χ1n) is 6.58. The molecule has 0 radical (unpaired) electrons. The summed E-state index contributed by atoms with van der Waals surface area (Å²) >= 11 is 0. The molecule has 2 rings (SSSR count). The predicted molar refractivity (Wildman–Crippen MR) is 80.1 cm³/mol. The van der Waals surface area contributed by atoms with Crippen LogP contribution in [0.1, 0.15) is 27.0 Å². The monoisotopic (exact) mass is 269 g/mol. The average Bonchev–Trinajstić information content (AvgIpc) is 2.47. The Morgan fingerprint density at radius 2 is 1.95 bits per heavy atom. The first-order chi connectivity index (χ1) is 9.60. The number of amides is 1. The quantitative estimate of drug-likeness (QED) is 0.925. The van der Waals surface area contributed by atoms with Crippen molar-refractivity contribution in [2.45, 2.75) is 20.4 Å². The lowest BCUT2D eigenvalue weighted by molar-refractivity contribution is 0.0950. The number of carbonyl (C=O) groups excluding carboxylic acids is 1. The maximum atomic E-state index is 12.2. The van der Waals surface area contributed by atoms with Crippen molar-refractivity contribution in [3.63, 3.8) is 0 Å². The van der Waals surface area contributed by atoms with E-state index in [-0.39, 0.29) is 5.91 Å². The van der Waals surface area contributed by atoms with Crippen LogP contribution in [0.4, 0.5) is 0 Å². The minimum absolute atomic E-state index is 0.0472. The first kappa shape index (κ1) is 14.1. The van der Waals surface area contributed by atoms with Crippen molar-refractivity contribution in [1.29, 1.82) is 0 Å². The second-order valence-corrected chi connectivity index (χ2v) is 4.85. The lowest BCUT2D eigenvalue weighted by Gasteiger charge is -2.09. The molecule has 0 atom stereocenters. The van der Waals surface area contributed by atoms with E-state index in [1.807, 2.05) is 56.3 Å². The molecule has 0 saturated carbocycles. The highest BCUT2D eigenvalue weighted by molar-refractivity contribution is 5.95. The third-order valence-corrected chi connectivity index (χ3v) is 3.22. The molecule has 0 aliphatic rings. The van der Waals surface area contributed by atoms with Crippen molar-refractivity contribution < 1.29 is 9.53 Å². The van der Waals surface area contributed by atoms with E-state index in [2.05, 4.69) is 5.32 Å². The zero-order valence-corrected chi connectivity index (χ0v) is 12.1. The minimum Gasteiger partial charge on any atom is -0.497 e. The minimum atomic E-state index is -0.0472. The van der Waals surface area contributed by atoms with Crippen LogP contribution in [0, 0.1) is 13.8 Å². The van der Waals surface area contributed by atoms with Gasteiger partial charge in [-0.2, -0.15) is 0 Å². The Morgan fingerprint density at radius 1 is 1.15 bits per heavy atom. The lowest BCUT2D eigenvalue weighted by atomic mass is 10.0. The summed E-state index contributed by atoms with van der Waals surface area (Å²) in [4.78, 5) is 12.2. The molecule has 104 valence electrons. The van der Waals surface area contributed by atoms with Gasteiger partial charge in [-0.3, -0.25) is 4.79 Å². The van der Waals surface area contributed by atoms with Gasteiger partial charge in [-0.25, -0.2) is 0 Å². The summed E-state index contributed by atoms with van der Waals surface area (Å²) in [7, 11) is 1.63. The Kier molecular flexibility index (Phi) is 4.41. The van der Waals surface area contributed by atoms with Gasteiger partial charge in [0.2, 0.25) is 0 Å². The molecule has 0 aromatic heterocycles. The summed E-state index contributed by atoms with van der Waals surface area (Å²) < 4.78 is 5.17. The van der Waals surface area contributed by atoms with Gasteiger partial charge >= 0.3 is 0 Å². The van der Waals surface area contributed by atoms with Crippen molar-refractivity contribution in [2.75, 3.05) is 7.11 Å². The highest BCUT2D eigenvalue weighted by Gasteiger charge is 2.08. The smallest absolute Gasteiger partial charge is 0.251 e. The molecule has 0 fully saturated rings. The van der Waals surface area contributed by atoms with E-state index in [4.69, 9.17) is 4.74 Å². The zero-order chi connectivity index (χ0) is 14.5. The average molecular weight is 269 g/mol. The maximum absolute atomic E-state index is 12.2. The second kappa shape index (κ2) is 6.24. The van der Waals surface area contributed by atoms with Gasteiger partial charge in [0.05, 0.1) is 7.11 Å². The standard InChI is InChI=1S/C17H19NO2/c1-12-7-8-13(2)16(9-12)17(19)18-11-14-5-4-6-15(10-14)20-3/h4-10H,11H2,1-3H3,(H,18,19). The molecule has 0 unspecified atom stereocenters. The van der Waals surface area contributed by atoms with E-state index >= 15 is 0 Å². The number of aryl methyl sites for hydroxylation is 2.